The molecule has 23 fully saturated rings. The first-order valence-corrected chi connectivity index (χ1v) is 18.9. The number of hydrogen-bond donors (Lipinski definition) is 0. The van der Waals surface area contributed by atoms with Gasteiger partial charge in [-0.25, -0.2) is 0 Å². The van der Waals surface area contributed by atoms with Crippen LogP contribution in [0.1, 0.15) is 32.1 Å². The summed E-state index contributed by atoms with van der Waals surface area (Å²) in [6.07, 6.45) is 8.96. The topological polar surface area (TPSA) is 0 Å². The van der Waals surface area contributed by atoms with E-state index in [1.807, 2.05) is 6.42 Å². The second-order valence-electron chi connectivity index (χ2n) is 23.1. The highest BCUT2D eigenvalue weighted by molar-refractivity contribution is 5.83. The van der Waals surface area contributed by atoms with Gasteiger partial charge in [0.25, 0.3) is 0 Å². The summed E-state index contributed by atoms with van der Waals surface area (Å²) in [6.45, 7) is 0. The molecule has 184 valence electrons. The average Bonchev–Trinajstić information content (AvgIpc) is 2.78. The SMILES string of the molecule is C1CC23C4CC5CC6C7C8C9C%10C%11C%12C%13C%14C%15CC%16C1C1C%17C%18C%19C%20C%21C%22C2C8(C9%22C%10%21C%11%20C%12%19C%13%18C%14%17C%16%151)C73C564. The van der Waals surface area contributed by atoms with Crippen molar-refractivity contribution in [2.45, 2.75) is 32.1 Å². The summed E-state index contributed by atoms with van der Waals surface area (Å²) in [6, 6.07) is 0. The third kappa shape index (κ3) is 0.436. The maximum absolute atomic E-state index is 1.84. The van der Waals surface area contributed by atoms with Gasteiger partial charge < -0.3 is 0 Å². The van der Waals surface area contributed by atoms with E-state index < -0.39 is 0 Å². The van der Waals surface area contributed by atoms with Crippen LogP contribution in [0.2, 0.25) is 0 Å². The van der Waals surface area contributed by atoms with E-state index in [2.05, 4.69) is 0 Å². The first-order valence-electron chi connectivity index (χ1n) is 18.9. The lowest BCUT2D eigenvalue weighted by molar-refractivity contribution is -0.929. The second-order valence-corrected chi connectivity index (χ2v) is 23.1. The van der Waals surface area contributed by atoms with Crippen molar-refractivity contribution >= 4 is 0 Å². The van der Waals surface area contributed by atoms with E-state index in [1.54, 1.807) is 25.7 Å². The van der Waals surface area contributed by atoms with Gasteiger partial charge in [-0.2, -0.15) is 0 Å². The normalized spacial score (nSPS) is 121. The summed E-state index contributed by atoms with van der Waals surface area (Å²) >= 11 is 0. The van der Waals surface area contributed by atoms with Gasteiger partial charge in [0.15, 0.2) is 0 Å². The molecule has 0 saturated heterocycles. The van der Waals surface area contributed by atoms with Crippen molar-refractivity contribution in [1.29, 1.82) is 0 Å². The zero-order valence-corrected chi connectivity index (χ0v) is 21.7. The monoisotopic (exact) mass is 488 g/mol. The van der Waals surface area contributed by atoms with E-state index >= 15 is 0 Å². The van der Waals surface area contributed by atoms with Gasteiger partial charge in [0, 0.05) is 0 Å². The molecule has 0 amide bonds. The Hall–Kier alpha value is 0. The molecule has 0 aliphatic heterocycles. The van der Waals surface area contributed by atoms with Crippen LogP contribution in [0.4, 0.5) is 0 Å². The molecule has 0 N–H and O–H groups in total. The largest absolute Gasteiger partial charge is 0.0493 e. The van der Waals surface area contributed by atoms with Crippen molar-refractivity contribution in [3.63, 3.8) is 0 Å². The zero-order valence-electron chi connectivity index (χ0n) is 21.7. The smallest absolute Gasteiger partial charge is 0.00683 e. The Kier molecular flexibility index (Phi) is 0.972. The Bertz CT molecular complexity index is 1940. The lowest BCUT2D eigenvalue weighted by atomic mass is 8.65. The molecule has 38 heavy (non-hydrogen) atoms. The maximum atomic E-state index is 1.84. The highest BCUT2D eigenvalue weighted by Gasteiger charge is 3.37. The van der Waals surface area contributed by atoms with E-state index in [0.29, 0.717) is 0 Å². The first-order chi connectivity index (χ1) is 18.9. The summed E-state index contributed by atoms with van der Waals surface area (Å²) in [5, 5.41) is 0. The lowest BCUT2D eigenvalue weighted by Gasteiger charge is -3.38. The quantitative estimate of drug-likeness (QED) is 0.466. The van der Waals surface area contributed by atoms with E-state index in [-0.39, 0.29) is 0 Å². The van der Waals surface area contributed by atoms with Crippen molar-refractivity contribution in [3.05, 3.63) is 0 Å². The predicted octanol–water partition coefficient (Wildman–Crippen LogP) is 4.66. The van der Waals surface area contributed by atoms with Crippen LogP contribution in [0.3, 0.4) is 0 Å². The van der Waals surface area contributed by atoms with Crippen LogP contribution in [0.5, 0.6) is 0 Å². The molecule has 0 bridgehead atoms. The summed E-state index contributed by atoms with van der Waals surface area (Å²) < 4.78 is 0. The summed E-state index contributed by atoms with van der Waals surface area (Å²) in [5.41, 5.74) is 11.8. The molecule has 23 aliphatic carbocycles. The van der Waals surface area contributed by atoms with Gasteiger partial charge in [0.2, 0.25) is 0 Å². The van der Waals surface area contributed by atoms with Gasteiger partial charge in [0.1, 0.15) is 0 Å². The Labute approximate surface area is 221 Å². The van der Waals surface area contributed by atoms with Gasteiger partial charge in [-0.05, 0) is 222 Å². The van der Waals surface area contributed by atoms with Crippen LogP contribution >= 0.6 is 0 Å². The van der Waals surface area contributed by atoms with Crippen LogP contribution in [-0.4, -0.2) is 0 Å². The van der Waals surface area contributed by atoms with Gasteiger partial charge in [-0.15, -0.1) is 0 Å². The van der Waals surface area contributed by atoms with Crippen molar-refractivity contribution in [2.24, 2.45) is 190 Å². The zero-order chi connectivity index (χ0) is 21.7. The summed E-state index contributed by atoms with van der Waals surface area (Å²) in [4.78, 5) is 0. The Balaban J connectivity index is 0.915. The molecule has 0 aromatic carbocycles. The first kappa shape index (κ1) is 14.5. The van der Waals surface area contributed by atoms with Crippen LogP contribution in [0, 0.1) is 190 Å². The molecule has 0 heterocycles. The van der Waals surface area contributed by atoms with Gasteiger partial charge >= 0.3 is 0 Å². The highest BCUT2D eigenvalue weighted by Crippen LogP contribution is 3.40. The van der Waals surface area contributed by atoms with Crippen molar-refractivity contribution in [1.82, 2.24) is 0 Å². The van der Waals surface area contributed by atoms with Crippen LogP contribution in [-0.2, 0) is 0 Å². The van der Waals surface area contributed by atoms with Crippen molar-refractivity contribution in [2.75, 3.05) is 0 Å². The predicted molar refractivity (Wildman–Crippen MR) is 127 cm³/mol. The molecule has 33 atom stereocenters. The molecule has 0 aromatic heterocycles. The fourth-order valence-corrected chi connectivity index (χ4v) is 34.3. The molecule has 33 unspecified atom stereocenters. The Morgan fingerprint density at radius 2 is 1.03 bits per heavy atom. The lowest BCUT2D eigenvalue weighted by Crippen LogP contribution is -3.36. The molecule has 23 rings (SSSR count). The Morgan fingerprint density at radius 1 is 0.421 bits per heavy atom. The number of hydrogen-bond acceptors (Lipinski definition) is 0. The van der Waals surface area contributed by atoms with Crippen molar-refractivity contribution < 1.29 is 0 Å². The number of fused-ring (bicyclic) bond motifs is 10. The van der Waals surface area contributed by atoms with E-state index in [4.69, 9.17) is 0 Å². The minimum absolute atomic E-state index is 1.000. The standard InChI is InChI=1S/C38H32/c1-2-28-11-4-6-3-9-14-17-20-23-22-19-16-13-10-5-8-7(1)12-15-18-21-24-25-26-27(28)37(17,38(14,28)29(6,9)11)36(20,26)35(23,25)34(22,24)33(19,21)32(16,18)31(13,15)30(8,10)12/h6-27H,1-5H2. The fourth-order valence-electron chi connectivity index (χ4n) is 34.3. The van der Waals surface area contributed by atoms with E-state index in [0.717, 1.165) is 59.6 Å². The fraction of sp³-hybridized carbons (Fsp3) is 1.00. The maximum Gasteiger partial charge on any atom is -0.00683 e. The van der Waals surface area contributed by atoms with Gasteiger partial charge in [-0.3, -0.25) is 0 Å². The van der Waals surface area contributed by atoms with Gasteiger partial charge in [0.05, 0.1) is 0 Å². The molecule has 0 radical (unpaired) electrons. The number of rotatable bonds is 0. The molecule has 0 heteroatoms. The molecular formula is C38H32. The minimum atomic E-state index is 1.000. The summed E-state index contributed by atoms with van der Waals surface area (Å²) in [5.74, 6) is 29.8. The van der Waals surface area contributed by atoms with Crippen LogP contribution in [0.25, 0.3) is 0 Å². The molecule has 23 saturated carbocycles. The van der Waals surface area contributed by atoms with Crippen LogP contribution < -0.4 is 0 Å². The molecule has 0 nitrogen and oxygen atoms in total. The average molecular weight is 489 g/mol. The summed E-state index contributed by atoms with van der Waals surface area (Å²) in [7, 11) is 0. The third-order valence-corrected chi connectivity index (χ3v) is 29.2. The van der Waals surface area contributed by atoms with Crippen LogP contribution in [0.15, 0.2) is 0 Å². The Morgan fingerprint density at radius 3 is 1.79 bits per heavy atom. The van der Waals surface area contributed by atoms with Gasteiger partial charge in [-0.1, -0.05) is 0 Å². The molecule has 11 spiro atoms. The molecule has 23 aliphatic rings. The van der Waals surface area contributed by atoms with E-state index in [9.17, 15) is 0 Å². The third-order valence-electron chi connectivity index (χ3n) is 29.2. The molecular weight excluding hydrogens is 456 g/mol. The molecule has 0 aromatic rings. The van der Waals surface area contributed by atoms with Crippen molar-refractivity contribution in [3.8, 4) is 0 Å². The minimum Gasteiger partial charge on any atom is -0.0493 e. The second kappa shape index (κ2) is 2.55. The van der Waals surface area contributed by atoms with E-state index in [1.165, 1.54) is 130 Å². The highest BCUT2D eigenvalue weighted by atomic mass is 15.4.